The summed E-state index contributed by atoms with van der Waals surface area (Å²) >= 11 is 6.27. The summed E-state index contributed by atoms with van der Waals surface area (Å²) < 4.78 is 5.02. The Bertz CT molecular complexity index is 840. The normalized spacial score (nSPS) is 17.1. The lowest BCUT2D eigenvalue weighted by atomic mass is 9.96. The van der Waals surface area contributed by atoms with Gasteiger partial charge in [0.25, 0.3) is 0 Å². The van der Waals surface area contributed by atoms with E-state index in [0.717, 1.165) is 36.5 Å². The van der Waals surface area contributed by atoms with E-state index in [9.17, 15) is 9.59 Å². The van der Waals surface area contributed by atoms with Gasteiger partial charge in [0.05, 0.1) is 18.1 Å². The van der Waals surface area contributed by atoms with Crippen LogP contribution in [0.5, 0.6) is 0 Å². The van der Waals surface area contributed by atoms with Crippen LogP contribution in [-0.4, -0.2) is 36.5 Å². The molecule has 0 unspecified atom stereocenters. The Morgan fingerprint density at radius 3 is 2.82 bits per heavy atom. The van der Waals surface area contributed by atoms with Crippen molar-refractivity contribution >= 4 is 29.2 Å². The topological polar surface area (TPSA) is 58.6 Å². The summed E-state index contributed by atoms with van der Waals surface area (Å²) in [6.45, 7) is 4.46. The van der Waals surface area contributed by atoms with Crippen LogP contribution < -0.4 is 5.32 Å². The second kappa shape index (κ2) is 9.71. The molecule has 1 atom stereocenters. The van der Waals surface area contributed by atoms with Crippen molar-refractivity contribution < 1.29 is 14.3 Å². The predicted octanol–water partition coefficient (Wildman–Crippen LogP) is 4.37. The average molecular weight is 401 g/mol. The maximum Gasteiger partial charge on any atom is 0.338 e. The number of hydrogen-bond donors (Lipinski definition) is 1. The zero-order chi connectivity index (χ0) is 19.9. The monoisotopic (exact) mass is 400 g/mol. The number of piperidine rings is 1. The van der Waals surface area contributed by atoms with Gasteiger partial charge in [-0.25, -0.2) is 4.79 Å². The molecule has 1 aliphatic rings. The van der Waals surface area contributed by atoms with Crippen molar-refractivity contribution in [3.8, 4) is 0 Å². The number of ether oxygens (including phenoxy) is 1. The molecule has 5 nitrogen and oxygen atoms in total. The van der Waals surface area contributed by atoms with Crippen LogP contribution in [0.4, 0.5) is 5.69 Å². The third-order valence-corrected chi connectivity index (χ3v) is 5.24. The van der Waals surface area contributed by atoms with Gasteiger partial charge in [0.1, 0.15) is 0 Å². The lowest BCUT2D eigenvalue weighted by Crippen LogP contribution is -2.40. The second-order valence-corrected chi connectivity index (χ2v) is 7.36. The molecule has 28 heavy (non-hydrogen) atoms. The van der Waals surface area contributed by atoms with E-state index in [4.69, 9.17) is 16.3 Å². The quantitative estimate of drug-likeness (QED) is 0.731. The Morgan fingerprint density at radius 2 is 2.04 bits per heavy atom. The van der Waals surface area contributed by atoms with E-state index in [0.29, 0.717) is 24.4 Å². The number of carbonyl (C=O) groups excluding carboxylic acids is 2. The molecule has 1 N–H and O–H groups in total. The van der Waals surface area contributed by atoms with Crippen LogP contribution in [0.25, 0.3) is 0 Å². The molecule has 0 bridgehead atoms. The first-order valence-corrected chi connectivity index (χ1v) is 9.98. The van der Waals surface area contributed by atoms with Crippen molar-refractivity contribution in [3.05, 3.63) is 64.7 Å². The van der Waals surface area contributed by atoms with Gasteiger partial charge < -0.3 is 10.1 Å². The van der Waals surface area contributed by atoms with Gasteiger partial charge in [-0.15, -0.1) is 0 Å². The highest BCUT2D eigenvalue weighted by Crippen LogP contribution is 2.23. The maximum atomic E-state index is 12.8. The highest BCUT2D eigenvalue weighted by atomic mass is 35.5. The van der Waals surface area contributed by atoms with E-state index in [1.807, 2.05) is 24.3 Å². The summed E-state index contributed by atoms with van der Waals surface area (Å²) in [5, 5.41) is 3.70. The lowest BCUT2D eigenvalue weighted by Gasteiger charge is -2.32. The molecule has 0 aliphatic carbocycles. The van der Waals surface area contributed by atoms with Crippen LogP contribution in [0.2, 0.25) is 5.02 Å². The number of nitrogens with zero attached hydrogens (tertiary/aromatic N) is 1. The number of nitrogens with one attached hydrogen (secondary N) is 1. The summed E-state index contributed by atoms with van der Waals surface area (Å²) in [5.41, 5.74) is 2.12. The molecule has 3 rings (SSSR count). The minimum absolute atomic E-state index is 0.0233. The molecule has 0 saturated carbocycles. The Hall–Kier alpha value is -2.37. The van der Waals surface area contributed by atoms with Crippen LogP contribution in [0.1, 0.15) is 35.7 Å². The third-order valence-electron chi connectivity index (χ3n) is 4.87. The van der Waals surface area contributed by atoms with E-state index in [-0.39, 0.29) is 17.8 Å². The number of benzene rings is 2. The Balaban J connectivity index is 1.60. The number of halogens is 1. The highest BCUT2D eigenvalue weighted by Gasteiger charge is 2.26. The minimum Gasteiger partial charge on any atom is -0.462 e. The largest absolute Gasteiger partial charge is 0.462 e. The highest BCUT2D eigenvalue weighted by molar-refractivity contribution is 6.31. The van der Waals surface area contributed by atoms with Gasteiger partial charge in [-0.2, -0.15) is 0 Å². The minimum atomic E-state index is -0.387. The first-order chi connectivity index (χ1) is 13.6. The first-order valence-electron chi connectivity index (χ1n) is 9.60. The smallest absolute Gasteiger partial charge is 0.338 e. The zero-order valence-electron chi connectivity index (χ0n) is 16.0. The van der Waals surface area contributed by atoms with Crippen LogP contribution in [0.15, 0.2) is 48.5 Å². The number of anilines is 1. The summed E-state index contributed by atoms with van der Waals surface area (Å²) in [6.07, 6.45) is 1.81. The fraction of sp³-hybridized carbons (Fsp3) is 0.364. The van der Waals surface area contributed by atoms with Crippen molar-refractivity contribution in [2.45, 2.75) is 26.3 Å². The van der Waals surface area contributed by atoms with Gasteiger partial charge in [0.2, 0.25) is 5.91 Å². The first kappa shape index (κ1) is 20.4. The van der Waals surface area contributed by atoms with Gasteiger partial charge in [-0.05, 0) is 56.1 Å². The molecule has 0 spiro atoms. The molecule has 6 heteroatoms. The SMILES string of the molecule is CCOC(=O)c1cccc(NC(=O)[C@H]2CCCN(Cc3ccccc3Cl)C2)c1. The van der Waals surface area contributed by atoms with Crippen LogP contribution in [0, 0.1) is 5.92 Å². The van der Waals surface area contributed by atoms with Gasteiger partial charge in [0.15, 0.2) is 0 Å². The predicted molar refractivity (Wildman–Crippen MR) is 110 cm³/mol. The fourth-order valence-corrected chi connectivity index (χ4v) is 3.66. The van der Waals surface area contributed by atoms with Gasteiger partial charge >= 0.3 is 5.97 Å². The number of carbonyl (C=O) groups is 2. The fourth-order valence-electron chi connectivity index (χ4n) is 3.46. The van der Waals surface area contributed by atoms with Crippen molar-refractivity contribution in [1.82, 2.24) is 4.90 Å². The molecule has 0 radical (unpaired) electrons. The molecule has 1 amide bonds. The Morgan fingerprint density at radius 1 is 1.21 bits per heavy atom. The number of esters is 1. The lowest BCUT2D eigenvalue weighted by molar-refractivity contribution is -0.121. The van der Waals surface area contributed by atoms with E-state index >= 15 is 0 Å². The number of rotatable bonds is 6. The van der Waals surface area contributed by atoms with Crippen molar-refractivity contribution in [1.29, 1.82) is 0 Å². The zero-order valence-corrected chi connectivity index (χ0v) is 16.7. The van der Waals surface area contributed by atoms with Crippen molar-refractivity contribution in [2.24, 2.45) is 5.92 Å². The molecule has 0 aromatic heterocycles. The molecule has 148 valence electrons. The van der Waals surface area contributed by atoms with Crippen molar-refractivity contribution in [3.63, 3.8) is 0 Å². The number of amides is 1. The standard InChI is InChI=1S/C22H25ClN2O3/c1-2-28-22(27)16-8-5-10-19(13-16)24-21(26)18-9-6-12-25(15-18)14-17-7-3-4-11-20(17)23/h3-5,7-8,10-11,13,18H,2,6,9,12,14-15H2,1H3,(H,24,26)/t18-/m0/s1. The summed E-state index contributed by atoms with van der Waals surface area (Å²) in [7, 11) is 0. The number of hydrogen-bond acceptors (Lipinski definition) is 4. The van der Waals surface area contributed by atoms with Gasteiger partial charge in [-0.1, -0.05) is 35.9 Å². The summed E-state index contributed by atoms with van der Waals surface area (Å²) in [6, 6.07) is 14.7. The average Bonchev–Trinajstić information content (AvgIpc) is 2.70. The van der Waals surface area contributed by atoms with Crippen molar-refractivity contribution in [2.75, 3.05) is 25.0 Å². The maximum absolute atomic E-state index is 12.8. The van der Waals surface area contributed by atoms with Crippen LogP contribution in [0.3, 0.4) is 0 Å². The van der Waals surface area contributed by atoms with Crippen LogP contribution >= 0.6 is 11.6 Å². The van der Waals surface area contributed by atoms with E-state index in [1.165, 1.54) is 0 Å². The molecule has 2 aromatic carbocycles. The molecule has 1 saturated heterocycles. The van der Waals surface area contributed by atoms with E-state index in [1.54, 1.807) is 31.2 Å². The summed E-state index contributed by atoms with van der Waals surface area (Å²) in [4.78, 5) is 26.9. The van der Waals surface area contributed by atoms with Gasteiger partial charge in [-0.3, -0.25) is 9.69 Å². The Labute approximate surface area is 170 Å². The molecular formula is C22H25ClN2O3. The van der Waals surface area contributed by atoms with E-state index < -0.39 is 0 Å². The summed E-state index contributed by atoms with van der Waals surface area (Å²) in [5.74, 6) is -0.505. The van der Waals surface area contributed by atoms with Crippen LogP contribution in [-0.2, 0) is 16.1 Å². The second-order valence-electron chi connectivity index (χ2n) is 6.96. The molecule has 1 heterocycles. The molecular weight excluding hydrogens is 376 g/mol. The molecule has 2 aromatic rings. The Kier molecular flexibility index (Phi) is 7.06. The molecule has 1 aliphatic heterocycles. The third kappa shape index (κ3) is 5.33. The number of likely N-dealkylation sites (tertiary alicyclic amines) is 1. The van der Waals surface area contributed by atoms with E-state index in [2.05, 4.69) is 10.2 Å². The molecule has 1 fully saturated rings. The van der Waals surface area contributed by atoms with Gasteiger partial charge in [0, 0.05) is 23.8 Å².